The van der Waals surface area contributed by atoms with Crippen molar-refractivity contribution in [2.75, 3.05) is 0 Å². The van der Waals surface area contributed by atoms with E-state index in [1.54, 1.807) is 5.57 Å². The maximum Gasteiger partial charge on any atom is 0.0513 e. The van der Waals surface area contributed by atoms with Gasteiger partial charge in [0.05, 0.1) is 5.12 Å². The number of rotatable bonds is 10. The molecule has 0 aliphatic heterocycles. The summed E-state index contributed by atoms with van der Waals surface area (Å²) in [6.45, 7) is 16.5. The lowest BCUT2D eigenvalue weighted by Gasteiger charge is -2.49. The van der Waals surface area contributed by atoms with Crippen molar-refractivity contribution in [1.29, 1.82) is 0 Å². The zero-order chi connectivity index (χ0) is 21.6. The van der Waals surface area contributed by atoms with Crippen molar-refractivity contribution in [1.82, 2.24) is 0 Å². The summed E-state index contributed by atoms with van der Waals surface area (Å²) >= 11 is 7.05. The van der Waals surface area contributed by atoms with Crippen molar-refractivity contribution >= 4 is 20.2 Å². The van der Waals surface area contributed by atoms with E-state index in [0.717, 1.165) is 15.0 Å². The molecule has 0 aromatic heterocycles. The molecule has 0 fully saturated rings. The van der Waals surface area contributed by atoms with Crippen LogP contribution in [0.15, 0.2) is 53.6 Å². The third kappa shape index (κ3) is 5.98. The average Bonchev–Trinajstić information content (AvgIpc) is 2.67. The van der Waals surface area contributed by atoms with Gasteiger partial charge in [-0.2, -0.15) is 0 Å². The first-order valence-electron chi connectivity index (χ1n) is 11.6. The minimum absolute atomic E-state index is 0.0912. The molecule has 2 rings (SSSR count). The van der Waals surface area contributed by atoms with Crippen LogP contribution in [-0.2, 0) is 0 Å². The molecular weight excluding hydrogens is 391 g/mol. The summed E-state index contributed by atoms with van der Waals surface area (Å²) in [5.74, 6) is 2.02. The van der Waals surface area contributed by atoms with Crippen molar-refractivity contribution in [3.8, 4) is 0 Å². The van der Waals surface area contributed by atoms with Crippen LogP contribution in [0.25, 0.3) is 0 Å². The first-order valence-corrected chi connectivity index (χ1v) is 13.1. The van der Waals surface area contributed by atoms with E-state index in [4.69, 9.17) is 11.6 Å². The van der Waals surface area contributed by atoms with E-state index in [2.05, 4.69) is 91.0 Å². The number of hydrogen-bond acceptors (Lipinski definition) is 0. The quantitative estimate of drug-likeness (QED) is 0.196. The molecule has 1 aromatic rings. The van der Waals surface area contributed by atoms with E-state index >= 15 is 0 Å². The predicted octanol–water partition coefficient (Wildman–Crippen LogP) is 9.17. The summed E-state index contributed by atoms with van der Waals surface area (Å²) in [5, 5.41) is 0.347. The maximum absolute atomic E-state index is 7.05. The lowest BCUT2D eigenvalue weighted by Crippen LogP contribution is -2.41. The normalized spacial score (nSPS) is 23.9. The third-order valence-electron chi connectivity index (χ3n) is 6.44. The van der Waals surface area contributed by atoms with Gasteiger partial charge in [0.25, 0.3) is 0 Å². The van der Waals surface area contributed by atoms with Crippen molar-refractivity contribution in [2.24, 2.45) is 17.8 Å². The Hall–Kier alpha value is -0.580. The molecule has 2 heteroatoms. The Balaban J connectivity index is 2.58. The van der Waals surface area contributed by atoms with Crippen LogP contribution in [-0.4, -0.2) is 10.3 Å². The number of allylic oxidation sites excluding steroid dienone is 4. The second kappa shape index (κ2) is 11.2. The SMILES string of the molecule is CCCCCC(Cl)PC1(C(C)C)C=C(C(C)C)C=C(C(C)C)C1c1ccccc1. The van der Waals surface area contributed by atoms with E-state index in [1.165, 1.54) is 30.4 Å². The summed E-state index contributed by atoms with van der Waals surface area (Å²) in [7, 11) is 0.728. The molecule has 29 heavy (non-hydrogen) atoms. The Labute approximate surface area is 187 Å². The highest BCUT2D eigenvalue weighted by atomic mass is 35.5. The van der Waals surface area contributed by atoms with Crippen molar-refractivity contribution in [3.63, 3.8) is 0 Å². The zero-order valence-electron chi connectivity index (χ0n) is 19.6. The van der Waals surface area contributed by atoms with Crippen molar-refractivity contribution in [2.45, 2.75) is 90.3 Å². The lowest BCUT2D eigenvalue weighted by molar-refractivity contribution is 0.425. The molecule has 0 saturated heterocycles. The predicted molar refractivity (Wildman–Crippen MR) is 135 cm³/mol. The smallest absolute Gasteiger partial charge is 0.0513 e. The zero-order valence-corrected chi connectivity index (χ0v) is 21.4. The largest absolute Gasteiger partial charge is 0.118 e. The lowest BCUT2D eigenvalue weighted by atomic mass is 9.67. The molecule has 1 aliphatic rings. The fourth-order valence-corrected chi connectivity index (χ4v) is 7.30. The molecule has 4 unspecified atom stereocenters. The van der Waals surface area contributed by atoms with Gasteiger partial charge in [0.2, 0.25) is 0 Å². The molecule has 0 spiro atoms. The van der Waals surface area contributed by atoms with E-state index < -0.39 is 0 Å². The highest BCUT2D eigenvalue weighted by molar-refractivity contribution is 7.43. The standard InChI is InChI=1S/C27H42ClP/c1-8-9-11-16-25(28)29-27(21(6)7)18-23(19(2)3)17-24(20(4)5)26(27)22-14-12-10-13-15-22/h10,12-15,17-21,25-26,29H,8-9,11,16H2,1-7H3. The van der Waals surface area contributed by atoms with Crippen molar-refractivity contribution in [3.05, 3.63) is 59.2 Å². The molecule has 0 radical (unpaired) electrons. The molecule has 0 nitrogen and oxygen atoms in total. The van der Waals surface area contributed by atoms with Crippen LogP contribution in [0.1, 0.15) is 85.6 Å². The van der Waals surface area contributed by atoms with Crippen LogP contribution < -0.4 is 0 Å². The maximum atomic E-state index is 7.05. The van der Waals surface area contributed by atoms with Gasteiger partial charge >= 0.3 is 0 Å². The first-order chi connectivity index (χ1) is 13.7. The summed E-state index contributed by atoms with van der Waals surface area (Å²) in [5.41, 5.74) is 4.53. The Morgan fingerprint density at radius 2 is 1.62 bits per heavy atom. The molecule has 0 heterocycles. The molecular formula is C27H42ClP. The molecule has 4 atom stereocenters. The molecule has 1 aliphatic carbocycles. The first kappa shape index (κ1) is 24.7. The summed E-state index contributed by atoms with van der Waals surface area (Å²) in [6.07, 6.45) is 10.1. The van der Waals surface area contributed by atoms with Gasteiger partial charge in [-0.3, -0.25) is 0 Å². The van der Waals surface area contributed by atoms with Gasteiger partial charge in [-0.05, 0) is 35.3 Å². The van der Waals surface area contributed by atoms with E-state index in [-0.39, 0.29) is 10.3 Å². The minimum atomic E-state index is 0.0912. The van der Waals surface area contributed by atoms with Gasteiger partial charge in [-0.15, -0.1) is 11.6 Å². The fraction of sp³-hybridized carbons (Fsp3) is 0.630. The number of unbranched alkanes of at least 4 members (excludes halogenated alkanes) is 2. The molecule has 0 N–H and O–H groups in total. The van der Waals surface area contributed by atoms with E-state index in [9.17, 15) is 0 Å². The molecule has 0 bridgehead atoms. The Bertz CT molecular complexity index is 686. The Morgan fingerprint density at radius 1 is 0.966 bits per heavy atom. The second-order valence-electron chi connectivity index (χ2n) is 9.64. The van der Waals surface area contributed by atoms with Crippen molar-refractivity contribution < 1.29 is 0 Å². The number of halogens is 1. The van der Waals surface area contributed by atoms with Gasteiger partial charge in [0.15, 0.2) is 0 Å². The van der Waals surface area contributed by atoms with Gasteiger partial charge in [0.1, 0.15) is 0 Å². The van der Waals surface area contributed by atoms with Crippen LogP contribution in [0.4, 0.5) is 0 Å². The van der Waals surface area contributed by atoms with Gasteiger partial charge in [-0.1, -0.05) is 124 Å². The summed E-state index contributed by atoms with van der Waals surface area (Å²) < 4.78 is 0. The summed E-state index contributed by atoms with van der Waals surface area (Å²) in [6, 6.07) is 11.2. The molecule has 1 aromatic carbocycles. The third-order valence-corrected chi connectivity index (χ3v) is 9.10. The molecule has 0 amide bonds. The Kier molecular flexibility index (Phi) is 9.50. The van der Waals surface area contributed by atoms with E-state index in [0.29, 0.717) is 23.7 Å². The van der Waals surface area contributed by atoms with Crippen LogP contribution in [0.3, 0.4) is 0 Å². The average molecular weight is 433 g/mol. The van der Waals surface area contributed by atoms with Crippen LogP contribution >= 0.6 is 20.2 Å². The number of benzene rings is 1. The van der Waals surface area contributed by atoms with Gasteiger partial charge in [0, 0.05) is 11.1 Å². The Morgan fingerprint density at radius 3 is 2.14 bits per heavy atom. The van der Waals surface area contributed by atoms with Crippen LogP contribution in [0.2, 0.25) is 0 Å². The number of alkyl halides is 1. The fourth-order valence-electron chi connectivity index (χ4n) is 4.61. The monoisotopic (exact) mass is 432 g/mol. The highest BCUT2D eigenvalue weighted by Crippen LogP contribution is 2.59. The molecule has 162 valence electrons. The molecule has 0 saturated carbocycles. The second-order valence-corrected chi connectivity index (χ2v) is 12.4. The van der Waals surface area contributed by atoms with Crippen LogP contribution in [0, 0.1) is 17.8 Å². The van der Waals surface area contributed by atoms with E-state index in [1.807, 2.05) is 0 Å². The minimum Gasteiger partial charge on any atom is -0.118 e. The summed E-state index contributed by atoms with van der Waals surface area (Å²) in [4.78, 5) is 0. The highest BCUT2D eigenvalue weighted by Gasteiger charge is 2.46. The van der Waals surface area contributed by atoms with Gasteiger partial charge in [-0.25, -0.2) is 0 Å². The number of hydrogen-bond donors (Lipinski definition) is 0. The van der Waals surface area contributed by atoms with Gasteiger partial charge < -0.3 is 0 Å². The van der Waals surface area contributed by atoms with Crippen LogP contribution in [0.5, 0.6) is 0 Å². The topological polar surface area (TPSA) is 0 Å².